The van der Waals surface area contributed by atoms with Crippen LogP contribution in [0.3, 0.4) is 0 Å². The summed E-state index contributed by atoms with van der Waals surface area (Å²) in [4.78, 5) is 19.1. The third kappa shape index (κ3) is 3.14. The van der Waals surface area contributed by atoms with Gasteiger partial charge < -0.3 is 14.4 Å². The Hall–Kier alpha value is -2.20. The zero-order chi connectivity index (χ0) is 18.1. The third-order valence-corrected chi connectivity index (χ3v) is 4.95. The van der Waals surface area contributed by atoms with Crippen LogP contribution in [-0.4, -0.2) is 54.1 Å². The lowest BCUT2D eigenvalue weighted by atomic mass is 10.2. The SMILES string of the molecule is COC(=O)c1nn(-c2cccc(I)c2)c2nc(N3CCOCC3)ccc12. The minimum absolute atomic E-state index is 0.266. The van der Waals surface area contributed by atoms with Crippen molar-refractivity contribution in [1.29, 1.82) is 0 Å². The average Bonchev–Trinajstić information content (AvgIpc) is 3.07. The highest BCUT2D eigenvalue weighted by molar-refractivity contribution is 14.1. The van der Waals surface area contributed by atoms with Gasteiger partial charge in [-0.2, -0.15) is 5.10 Å². The summed E-state index contributed by atoms with van der Waals surface area (Å²) in [7, 11) is 1.36. The molecule has 4 rings (SSSR count). The number of aromatic nitrogens is 3. The quantitative estimate of drug-likeness (QED) is 0.439. The van der Waals surface area contributed by atoms with E-state index < -0.39 is 5.97 Å². The van der Waals surface area contributed by atoms with Crippen molar-refractivity contribution in [3.8, 4) is 5.69 Å². The first kappa shape index (κ1) is 17.2. The van der Waals surface area contributed by atoms with Gasteiger partial charge in [-0.3, -0.25) is 0 Å². The molecule has 1 aliphatic heterocycles. The van der Waals surface area contributed by atoms with Crippen LogP contribution in [0.25, 0.3) is 16.7 Å². The Bertz CT molecular complexity index is 966. The maximum Gasteiger partial charge on any atom is 0.359 e. The largest absolute Gasteiger partial charge is 0.464 e. The van der Waals surface area contributed by atoms with Gasteiger partial charge in [0.1, 0.15) is 5.82 Å². The van der Waals surface area contributed by atoms with Crippen LogP contribution in [0.15, 0.2) is 36.4 Å². The van der Waals surface area contributed by atoms with E-state index in [1.165, 1.54) is 7.11 Å². The molecule has 0 radical (unpaired) electrons. The highest BCUT2D eigenvalue weighted by Gasteiger charge is 2.22. The molecule has 1 aliphatic rings. The number of carbonyl (C=O) groups excluding carboxylic acids is 1. The van der Waals surface area contributed by atoms with Crippen LogP contribution in [0, 0.1) is 3.57 Å². The monoisotopic (exact) mass is 464 g/mol. The molecule has 0 atom stereocenters. The number of fused-ring (bicyclic) bond motifs is 1. The molecule has 0 bridgehead atoms. The van der Waals surface area contributed by atoms with Crippen molar-refractivity contribution in [2.45, 2.75) is 0 Å². The molecule has 134 valence electrons. The van der Waals surface area contributed by atoms with Crippen molar-refractivity contribution in [1.82, 2.24) is 14.8 Å². The fourth-order valence-corrected chi connectivity index (χ4v) is 3.52. The van der Waals surface area contributed by atoms with E-state index >= 15 is 0 Å². The van der Waals surface area contributed by atoms with Crippen LogP contribution < -0.4 is 4.90 Å². The summed E-state index contributed by atoms with van der Waals surface area (Å²) in [5.41, 5.74) is 1.75. The van der Waals surface area contributed by atoms with Crippen molar-refractivity contribution >= 4 is 45.4 Å². The molecule has 8 heteroatoms. The third-order valence-electron chi connectivity index (χ3n) is 4.28. The van der Waals surface area contributed by atoms with Gasteiger partial charge in [-0.15, -0.1) is 0 Å². The number of esters is 1. The van der Waals surface area contributed by atoms with Crippen molar-refractivity contribution in [3.05, 3.63) is 45.7 Å². The molecule has 2 aromatic heterocycles. The van der Waals surface area contributed by atoms with E-state index in [2.05, 4.69) is 32.6 Å². The molecular formula is C18H17IN4O3. The summed E-state index contributed by atoms with van der Waals surface area (Å²) in [6, 6.07) is 11.7. The molecule has 0 N–H and O–H groups in total. The second-order valence-electron chi connectivity index (χ2n) is 5.87. The molecule has 0 spiro atoms. The number of anilines is 1. The van der Waals surface area contributed by atoms with Crippen LogP contribution in [0.2, 0.25) is 0 Å². The van der Waals surface area contributed by atoms with Crippen molar-refractivity contribution in [2.75, 3.05) is 38.3 Å². The summed E-state index contributed by atoms with van der Waals surface area (Å²) in [5.74, 6) is 0.379. The van der Waals surface area contributed by atoms with E-state index in [-0.39, 0.29) is 5.69 Å². The van der Waals surface area contributed by atoms with E-state index in [4.69, 9.17) is 14.5 Å². The van der Waals surface area contributed by atoms with Gasteiger partial charge in [0.05, 0.1) is 31.4 Å². The van der Waals surface area contributed by atoms with E-state index in [1.807, 2.05) is 36.4 Å². The van der Waals surface area contributed by atoms with Gasteiger partial charge in [-0.25, -0.2) is 14.5 Å². The number of pyridine rings is 1. The number of morpholine rings is 1. The number of benzene rings is 1. The smallest absolute Gasteiger partial charge is 0.359 e. The molecular weight excluding hydrogens is 447 g/mol. The number of rotatable bonds is 3. The first-order chi connectivity index (χ1) is 12.7. The Morgan fingerprint density at radius 3 is 2.77 bits per heavy atom. The maximum absolute atomic E-state index is 12.2. The highest BCUT2D eigenvalue weighted by atomic mass is 127. The van der Waals surface area contributed by atoms with E-state index in [0.29, 0.717) is 24.2 Å². The van der Waals surface area contributed by atoms with Gasteiger partial charge in [-0.1, -0.05) is 6.07 Å². The summed E-state index contributed by atoms with van der Waals surface area (Å²) in [5, 5.41) is 5.16. The molecule has 0 saturated carbocycles. The van der Waals surface area contributed by atoms with Gasteiger partial charge in [0.2, 0.25) is 0 Å². The predicted molar refractivity (Wildman–Crippen MR) is 106 cm³/mol. The van der Waals surface area contributed by atoms with E-state index in [0.717, 1.165) is 28.2 Å². The van der Waals surface area contributed by atoms with Gasteiger partial charge in [-0.05, 0) is 52.9 Å². The fourth-order valence-electron chi connectivity index (χ4n) is 2.99. The Labute approximate surface area is 164 Å². The first-order valence-corrected chi connectivity index (χ1v) is 9.32. The Kier molecular flexibility index (Phi) is 4.77. The van der Waals surface area contributed by atoms with Crippen LogP contribution in [0.1, 0.15) is 10.5 Å². The number of methoxy groups -OCH3 is 1. The van der Waals surface area contributed by atoms with Crippen LogP contribution in [0.5, 0.6) is 0 Å². The molecule has 3 heterocycles. The standard InChI is InChI=1S/C18H17IN4O3/c1-25-18(24)16-14-5-6-15(22-7-9-26-10-8-22)20-17(14)23(21-16)13-4-2-3-12(19)11-13/h2-6,11H,7-10H2,1H3. The summed E-state index contributed by atoms with van der Waals surface area (Å²) in [6.45, 7) is 2.95. The van der Waals surface area contributed by atoms with Crippen molar-refractivity contribution < 1.29 is 14.3 Å². The number of carbonyl (C=O) groups is 1. The lowest BCUT2D eigenvalue weighted by Crippen LogP contribution is -2.36. The topological polar surface area (TPSA) is 69.5 Å². The number of hydrogen-bond donors (Lipinski definition) is 0. The highest BCUT2D eigenvalue weighted by Crippen LogP contribution is 2.25. The fraction of sp³-hybridized carbons (Fsp3) is 0.278. The number of halogens is 1. The average molecular weight is 464 g/mol. The summed E-state index contributed by atoms with van der Waals surface area (Å²) in [6.07, 6.45) is 0. The predicted octanol–water partition coefficient (Wildman–Crippen LogP) is 2.65. The molecule has 0 aliphatic carbocycles. The number of nitrogens with zero attached hydrogens (tertiary/aromatic N) is 4. The summed E-state index contributed by atoms with van der Waals surface area (Å²) >= 11 is 2.25. The van der Waals surface area contributed by atoms with Crippen molar-refractivity contribution in [3.63, 3.8) is 0 Å². The Morgan fingerprint density at radius 1 is 1.23 bits per heavy atom. The van der Waals surface area contributed by atoms with Crippen molar-refractivity contribution in [2.24, 2.45) is 0 Å². The minimum Gasteiger partial charge on any atom is -0.464 e. The lowest BCUT2D eigenvalue weighted by Gasteiger charge is -2.27. The van der Waals surface area contributed by atoms with Crippen LogP contribution in [-0.2, 0) is 9.47 Å². The minimum atomic E-state index is -0.472. The van der Waals surface area contributed by atoms with E-state index in [1.54, 1.807) is 4.68 Å². The second kappa shape index (κ2) is 7.20. The first-order valence-electron chi connectivity index (χ1n) is 8.24. The Balaban J connectivity index is 1.89. The number of ether oxygens (including phenoxy) is 2. The molecule has 1 aromatic carbocycles. The second-order valence-corrected chi connectivity index (χ2v) is 7.12. The Morgan fingerprint density at radius 2 is 2.04 bits per heavy atom. The normalized spacial score (nSPS) is 14.6. The van der Waals surface area contributed by atoms with Gasteiger partial charge in [0.15, 0.2) is 11.3 Å². The molecule has 0 amide bonds. The molecule has 0 unspecified atom stereocenters. The molecule has 7 nitrogen and oxygen atoms in total. The number of hydrogen-bond acceptors (Lipinski definition) is 6. The van der Waals surface area contributed by atoms with Gasteiger partial charge in [0, 0.05) is 16.7 Å². The molecule has 1 saturated heterocycles. The lowest BCUT2D eigenvalue weighted by molar-refractivity contribution is 0.0595. The molecule has 3 aromatic rings. The van der Waals surface area contributed by atoms with Crippen LogP contribution >= 0.6 is 22.6 Å². The van der Waals surface area contributed by atoms with Gasteiger partial charge in [0.25, 0.3) is 0 Å². The molecule has 26 heavy (non-hydrogen) atoms. The zero-order valence-electron chi connectivity index (χ0n) is 14.2. The van der Waals surface area contributed by atoms with Gasteiger partial charge >= 0.3 is 5.97 Å². The summed E-state index contributed by atoms with van der Waals surface area (Å²) < 4.78 is 13.1. The van der Waals surface area contributed by atoms with E-state index in [9.17, 15) is 4.79 Å². The molecule has 1 fully saturated rings. The maximum atomic E-state index is 12.2. The zero-order valence-corrected chi connectivity index (χ0v) is 16.3. The van der Waals surface area contributed by atoms with Crippen LogP contribution in [0.4, 0.5) is 5.82 Å².